The first-order chi connectivity index (χ1) is 19.7. The molecule has 0 amide bonds. The Bertz CT molecular complexity index is 1560. The lowest BCUT2D eigenvalue weighted by atomic mass is 9.98. The molecule has 8 nitrogen and oxygen atoms in total. The summed E-state index contributed by atoms with van der Waals surface area (Å²) >= 11 is 6.32. The van der Waals surface area contributed by atoms with Crippen molar-refractivity contribution in [3.05, 3.63) is 69.1 Å². The fraction of sp³-hybridized carbons (Fsp3) is 0.438. The zero-order chi connectivity index (χ0) is 29.3. The lowest BCUT2D eigenvalue weighted by Crippen LogP contribution is -2.44. The molecule has 1 aliphatic rings. The Hall–Kier alpha value is -3.33. The van der Waals surface area contributed by atoms with Crippen molar-refractivity contribution in [1.29, 1.82) is 0 Å². The van der Waals surface area contributed by atoms with Crippen LogP contribution in [0.15, 0.2) is 30.3 Å². The summed E-state index contributed by atoms with van der Waals surface area (Å²) in [7, 11) is 1.95. The molecule has 2 aromatic heterocycles. The monoisotopic (exact) mass is 577 g/mol. The predicted molar refractivity (Wildman–Crippen MR) is 165 cm³/mol. The van der Waals surface area contributed by atoms with Gasteiger partial charge in [0, 0.05) is 73.5 Å². The van der Waals surface area contributed by atoms with Gasteiger partial charge in [-0.15, -0.1) is 0 Å². The first-order valence-corrected chi connectivity index (χ1v) is 14.8. The summed E-state index contributed by atoms with van der Waals surface area (Å²) < 4.78 is 10.0. The lowest BCUT2D eigenvalue weighted by molar-refractivity contribution is 0.0683. The van der Waals surface area contributed by atoms with Crippen LogP contribution in [0, 0.1) is 27.7 Å². The van der Waals surface area contributed by atoms with Crippen LogP contribution in [0.2, 0.25) is 5.02 Å². The van der Waals surface area contributed by atoms with Crippen molar-refractivity contribution in [2.75, 3.05) is 39.3 Å². The molecule has 0 unspecified atom stereocenters. The summed E-state index contributed by atoms with van der Waals surface area (Å²) in [6, 6.07) is 10.1. The number of hydrogen-bond donors (Lipinski definition) is 2. The molecular weight excluding hydrogens is 538 g/mol. The second-order valence-corrected chi connectivity index (χ2v) is 11.4. The van der Waals surface area contributed by atoms with Crippen LogP contribution in [0.5, 0.6) is 5.75 Å². The van der Waals surface area contributed by atoms with Crippen LogP contribution in [0.1, 0.15) is 45.0 Å². The average molecular weight is 578 g/mol. The van der Waals surface area contributed by atoms with Gasteiger partial charge in [0.2, 0.25) is 0 Å². The number of piperazine rings is 1. The highest BCUT2D eigenvalue weighted by Gasteiger charge is 2.26. The fourth-order valence-electron chi connectivity index (χ4n) is 6.17. The summed E-state index contributed by atoms with van der Waals surface area (Å²) in [5, 5.41) is 20.4. The third kappa shape index (κ3) is 5.87. The number of halogens is 1. The molecule has 218 valence electrons. The Morgan fingerprint density at radius 2 is 1.80 bits per heavy atom. The van der Waals surface area contributed by atoms with E-state index in [-0.39, 0.29) is 0 Å². The van der Waals surface area contributed by atoms with E-state index in [2.05, 4.69) is 34.4 Å². The second-order valence-electron chi connectivity index (χ2n) is 11.1. The van der Waals surface area contributed by atoms with Gasteiger partial charge >= 0.3 is 5.97 Å². The molecule has 1 aliphatic heterocycles. The molecule has 0 spiro atoms. The minimum Gasteiger partial charge on any atom is -0.494 e. The van der Waals surface area contributed by atoms with Gasteiger partial charge in [0.25, 0.3) is 0 Å². The topological polar surface area (TPSA) is 84.6 Å². The molecule has 5 rings (SSSR count). The summed E-state index contributed by atoms with van der Waals surface area (Å²) in [5.41, 5.74) is 8.27. The summed E-state index contributed by atoms with van der Waals surface area (Å²) in [6.07, 6.45) is 1.28. The molecule has 0 atom stereocenters. The summed E-state index contributed by atoms with van der Waals surface area (Å²) in [6.45, 7) is 13.7. The highest BCUT2D eigenvalue weighted by molar-refractivity contribution is 6.32. The molecule has 3 heterocycles. The largest absolute Gasteiger partial charge is 0.494 e. The van der Waals surface area contributed by atoms with Crippen LogP contribution < -0.4 is 10.1 Å². The number of aromatic carboxylic acids is 1. The van der Waals surface area contributed by atoms with Gasteiger partial charge in [0.05, 0.1) is 17.8 Å². The number of carboxylic acids is 1. The maximum Gasteiger partial charge on any atom is 0.352 e. The third-order valence-electron chi connectivity index (χ3n) is 8.27. The second kappa shape index (κ2) is 12.3. The van der Waals surface area contributed by atoms with Gasteiger partial charge in [-0.2, -0.15) is 5.10 Å². The number of aryl methyl sites for hydroxylation is 5. The number of hydrogen-bond acceptors (Lipinski definition) is 5. The number of carbonyl (C=O) groups is 1. The Balaban J connectivity index is 1.52. The van der Waals surface area contributed by atoms with Gasteiger partial charge in [-0.1, -0.05) is 29.8 Å². The van der Waals surface area contributed by atoms with Crippen LogP contribution in [0.3, 0.4) is 0 Å². The van der Waals surface area contributed by atoms with Gasteiger partial charge in [-0.3, -0.25) is 9.58 Å². The van der Waals surface area contributed by atoms with Crippen molar-refractivity contribution in [3.63, 3.8) is 0 Å². The van der Waals surface area contributed by atoms with E-state index in [0.29, 0.717) is 31.7 Å². The van der Waals surface area contributed by atoms with Crippen LogP contribution in [0.25, 0.3) is 22.0 Å². The standard InChI is InChI=1S/C32H40ClN5O3/c1-20-18-24(19-21(2)29(20)33)41-17-7-10-26-25-8-6-9-27(28-22(3)35-36(5)23(28)4)30(25)38(31(26)32(39)40)16-15-37-13-11-34-12-14-37/h6,8-9,18-19,34H,7,10-17H2,1-5H3,(H,39,40). The normalized spacial score (nSPS) is 14.2. The van der Waals surface area contributed by atoms with Crippen LogP contribution in [-0.2, 0) is 20.0 Å². The van der Waals surface area contributed by atoms with Gasteiger partial charge < -0.3 is 19.7 Å². The number of rotatable bonds is 10. The molecular formula is C32H40ClN5O3. The van der Waals surface area contributed by atoms with Crippen molar-refractivity contribution in [3.8, 4) is 16.9 Å². The van der Waals surface area contributed by atoms with Gasteiger partial charge in [-0.25, -0.2) is 4.79 Å². The zero-order valence-corrected chi connectivity index (χ0v) is 25.4. The molecule has 4 aromatic rings. The number of para-hydroxylation sites is 1. The third-order valence-corrected chi connectivity index (χ3v) is 8.86. The quantitative estimate of drug-likeness (QED) is 0.241. The first kappa shape index (κ1) is 29.2. The molecule has 1 fully saturated rings. The van der Waals surface area contributed by atoms with Crippen molar-refractivity contribution < 1.29 is 14.6 Å². The number of fused-ring (bicyclic) bond motifs is 1. The SMILES string of the molecule is Cc1cc(OCCCc2c(C(=O)O)n(CCN3CCNCC3)c3c(-c4c(C)nn(C)c4C)cccc23)cc(C)c1Cl. The van der Waals surface area contributed by atoms with Crippen molar-refractivity contribution >= 4 is 28.5 Å². The van der Waals surface area contributed by atoms with Gasteiger partial charge in [-0.05, 0) is 69.4 Å². The number of aromatic nitrogens is 3. The minimum absolute atomic E-state index is 0.375. The molecule has 0 aliphatic carbocycles. The number of nitrogens with zero attached hydrogens (tertiary/aromatic N) is 4. The average Bonchev–Trinajstić information content (AvgIpc) is 3.40. The van der Waals surface area contributed by atoms with Crippen LogP contribution in [-0.4, -0.2) is 69.7 Å². The van der Waals surface area contributed by atoms with E-state index in [9.17, 15) is 9.90 Å². The molecule has 0 radical (unpaired) electrons. The minimum atomic E-state index is -0.896. The van der Waals surface area contributed by atoms with E-state index in [0.717, 1.165) is 93.6 Å². The van der Waals surface area contributed by atoms with Crippen molar-refractivity contribution in [2.24, 2.45) is 7.05 Å². The maximum atomic E-state index is 12.9. The highest BCUT2D eigenvalue weighted by Crippen LogP contribution is 2.38. The number of ether oxygens (including phenoxy) is 1. The van der Waals surface area contributed by atoms with E-state index in [1.165, 1.54) is 0 Å². The predicted octanol–water partition coefficient (Wildman–Crippen LogP) is 5.54. The maximum absolute atomic E-state index is 12.9. The Morgan fingerprint density at radius 1 is 1.10 bits per heavy atom. The zero-order valence-electron chi connectivity index (χ0n) is 24.7. The van der Waals surface area contributed by atoms with E-state index in [1.807, 2.05) is 55.3 Å². The smallest absolute Gasteiger partial charge is 0.352 e. The Kier molecular flexibility index (Phi) is 8.73. The van der Waals surface area contributed by atoms with E-state index < -0.39 is 5.97 Å². The van der Waals surface area contributed by atoms with E-state index >= 15 is 0 Å². The summed E-state index contributed by atoms with van der Waals surface area (Å²) in [4.78, 5) is 15.3. The molecule has 2 aromatic carbocycles. The van der Waals surface area contributed by atoms with Crippen LogP contribution in [0.4, 0.5) is 0 Å². The molecule has 0 saturated carbocycles. The molecule has 41 heavy (non-hydrogen) atoms. The summed E-state index contributed by atoms with van der Waals surface area (Å²) in [5.74, 6) is -0.113. The number of nitrogens with one attached hydrogen (secondary N) is 1. The number of benzene rings is 2. The van der Waals surface area contributed by atoms with Crippen molar-refractivity contribution in [2.45, 2.75) is 47.1 Å². The van der Waals surface area contributed by atoms with Gasteiger partial charge in [0.1, 0.15) is 11.4 Å². The molecule has 0 bridgehead atoms. The van der Waals surface area contributed by atoms with E-state index in [4.69, 9.17) is 16.3 Å². The van der Waals surface area contributed by atoms with Crippen LogP contribution >= 0.6 is 11.6 Å². The van der Waals surface area contributed by atoms with E-state index in [1.54, 1.807) is 0 Å². The Labute approximate surface area is 246 Å². The number of carboxylic acid groups (broad SMARTS) is 1. The molecule has 2 N–H and O–H groups in total. The highest BCUT2D eigenvalue weighted by atomic mass is 35.5. The van der Waals surface area contributed by atoms with Crippen molar-refractivity contribution in [1.82, 2.24) is 24.6 Å². The lowest BCUT2D eigenvalue weighted by Gasteiger charge is -2.27. The Morgan fingerprint density at radius 3 is 2.44 bits per heavy atom. The molecule has 9 heteroatoms. The first-order valence-electron chi connectivity index (χ1n) is 14.4. The fourth-order valence-corrected chi connectivity index (χ4v) is 6.28. The van der Waals surface area contributed by atoms with Gasteiger partial charge in [0.15, 0.2) is 0 Å². The molecule has 1 saturated heterocycles.